The maximum atomic E-state index is 14.7. The molecule has 0 N–H and O–H groups in total. The summed E-state index contributed by atoms with van der Waals surface area (Å²) >= 11 is 0. The Morgan fingerprint density at radius 2 is 2.03 bits per heavy atom. The van der Waals surface area contributed by atoms with Gasteiger partial charge in [-0.1, -0.05) is 12.1 Å². The van der Waals surface area contributed by atoms with E-state index >= 15 is 0 Å². The highest BCUT2D eigenvalue weighted by Crippen LogP contribution is 2.33. The molecule has 2 aromatic rings. The second-order valence-electron chi connectivity index (χ2n) is 8.60. The van der Waals surface area contributed by atoms with Gasteiger partial charge in [0.1, 0.15) is 17.6 Å². The van der Waals surface area contributed by atoms with Crippen molar-refractivity contribution in [3.05, 3.63) is 53.3 Å². The summed E-state index contributed by atoms with van der Waals surface area (Å²) in [6.45, 7) is 4.86. The summed E-state index contributed by atoms with van der Waals surface area (Å²) in [5.41, 5.74) is 1.59. The van der Waals surface area contributed by atoms with Gasteiger partial charge in [-0.2, -0.15) is 0 Å². The second kappa shape index (κ2) is 9.77. The Hall–Kier alpha value is -2.80. The highest BCUT2D eigenvalue weighted by atomic mass is 19.1. The van der Waals surface area contributed by atoms with Crippen molar-refractivity contribution in [1.29, 1.82) is 0 Å². The Morgan fingerprint density at radius 1 is 1.19 bits per heavy atom. The van der Waals surface area contributed by atoms with Crippen LogP contribution in [0, 0.1) is 11.7 Å². The van der Waals surface area contributed by atoms with Crippen molar-refractivity contribution in [3.8, 4) is 17.2 Å². The molecule has 2 heterocycles. The number of amides is 1. The van der Waals surface area contributed by atoms with Crippen molar-refractivity contribution < 1.29 is 23.4 Å². The van der Waals surface area contributed by atoms with Gasteiger partial charge in [0.15, 0.2) is 11.6 Å². The lowest BCUT2D eigenvalue weighted by molar-refractivity contribution is -0.130. The number of methoxy groups -OCH3 is 2. The smallest absolute Gasteiger partial charge is 0.219 e. The number of piperidine rings is 1. The van der Waals surface area contributed by atoms with E-state index in [9.17, 15) is 9.18 Å². The van der Waals surface area contributed by atoms with Crippen LogP contribution >= 0.6 is 0 Å². The maximum absolute atomic E-state index is 14.7. The van der Waals surface area contributed by atoms with Gasteiger partial charge in [-0.25, -0.2) is 4.39 Å². The summed E-state index contributed by atoms with van der Waals surface area (Å²) in [5, 5.41) is 0. The van der Waals surface area contributed by atoms with Gasteiger partial charge in [0.2, 0.25) is 5.91 Å². The molecule has 32 heavy (non-hydrogen) atoms. The van der Waals surface area contributed by atoms with Crippen molar-refractivity contribution in [3.63, 3.8) is 0 Å². The van der Waals surface area contributed by atoms with Gasteiger partial charge in [-0.3, -0.25) is 9.69 Å². The molecule has 0 spiro atoms. The summed E-state index contributed by atoms with van der Waals surface area (Å²) in [6.07, 6.45) is 1.90. The van der Waals surface area contributed by atoms with Crippen LogP contribution in [0.3, 0.4) is 0 Å². The van der Waals surface area contributed by atoms with Crippen molar-refractivity contribution >= 4 is 5.91 Å². The average Bonchev–Trinajstić information content (AvgIpc) is 3.00. The number of fused-ring (bicyclic) bond motifs is 1. The van der Waals surface area contributed by atoms with Crippen LogP contribution in [0.5, 0.6) is 17.2 Å². The van der Waals surface area contributed by atoms with Crippen LogP contribution in [-0.2, 0) is 17.9 Å². The molecule has 2 aromatic carbocycles. The van der Waals surface area contributed by atoms with E-state index in [4.69, 9.17) is 14.2 Å². The first kappa shape index (κ1) is 22.4. The summed E-state index contributed by atoms with van der Waals surface area (Å²) < 4.78 is 31.6. The minimum absolute atomic E-state index is 0.0281. The molecule has 1 saturated heterocycles. The number of hydrogen-bond donors (Lipinski definition) is 0. The number of likely N-dealkylation sites (tertiary alicyclic amines) is 1. The van der Waals surface area contributed by atoms with Gasteiger partial charge in [-0.15, -0.1) is 0 Å². The number of hydrogen-bond acceptors (Lipinski definition) is 5. The zero-order valence-electron chi connectivity index (χ0n) is 19.0. The molecule has 0 unspecified atom stereocenters. The summed E-state index contributed by atoms with van der Waals surface area (Å²) in [7, 11) is 3.11. The van der Waals surface area contributed by atoms with Crippen molar-refractivity contribution in [1.82, 2.24) is 9.80 Å². The molecule has 2 aliphatic heterocycles. The molecule has 7 heteroatoms. The van der Waals surface area contributed by atoms with Gasteiger partial charge in [0.25, 0.3) is 0 Å². The SMILES string of the molecule is COc1ccc2c(c1)CN(C(C)=O)C[C@H]([C@H]1CCCN(Cc3cccc(OC)c3F)C1)O2. The minimum Gasteiger partial charge on any atom is -0.497 e. The molecule has 0 aromatic heterocycles. The normalized spacial score (nSPS) is 21.3. The van der Waals surface area contributed by atoms with E-state index in [0.717, 1.165) is 43.0 Å². The Bertz CT molecular complexity index is 967. The largest absolute Gasteiger partial charge is 0.497 e. The maximum Gasteiger partial charge on any atom is 0.219 e. The summed E-state index contributed by atoms with van der Waals surface area (Å²) in [6, 6.07) is 11.0. The van der Waals surface area contributed by atoms with Crippen LogP contribution in [0.25, 0.3) is 0 Å². The van der Waals surface area contributed by atoms with Crippen LogP contribution in [-0.4, -0.2) is 55.7 Å². The third-order valence-electron chi connectivity index (χ3n) is 6.48. The number of halogens is 1. The third kappa shape index (κ3) is 4.83. The van der Waals surface area contributed by atoms with Gasteiger partial charge in [0, 0.05) is 43.6 Å². The van der Waals surface area contributed by atoms with Crippen LogP contribution < -0.4 is 14.2 Å². The Balaban J connectivity index is 1.52. The molecule has 2 aliphatic rings. The van der Waals surface area contributed by atoms with E-state index in [1.165, 1.54) is 7.11 Å². The predicted molar refractivity (Wildman–Crippen MR) is 119 cm³/mol. The first-order chi connectivity index (χ1) is 15.5. The summed E-state index contributed by atoms with van der Waals surface area (Å²) in [4.78, 5) is 16.4. The fourth-order valence-corrected chi connectivity index (χ4v) is 4.71. The first-order valence-corrected chi connectivity index (χ1v) is 11.1. The van der Waals surface area contributed by atoms with Crippen LogP contribution in [0.1, 0.15) is 30.9 Å². The molecule has 1 fully saturated rings. The van der Waals surface area contributed by atoms with Gasteiger partial charge < -0.3 is 19.1 Å². The molecule has 172 valence electrons. The lowest BCUT2D eigenvalue weighted by atomic mass is 9.91. The number of carbonyl (C=O) groups is 1. The Kier molecular flexibility index (Phi) is 6.84. The highest BCUT2D eigenvalue weighted by Gasteiger charge is 2.34. The minimum atomic E-state index is -0.298. The zero-order chi connectivity index (χ0) is 22.7. The number of rotatable bonds is 5. The molecular formula is C25H31FN2O4. The zero-order valence-corrected chi connectivity index (χ0v) is 19.0. The molecule has 2 atom stereocenters. The topological polar surface area (TPSA) is 51.2 Å². The van der Waals surface area contributed by atoms with E-state index in [-0.39, 0.29) is 29.5 Å². The third-order valence-corrected chi connectivity index (χ3v) is 6.48. The van der Waals surface area contributed by atoms with Crippen LogP contribution in [0.2, 0.25) is 0 Å². The molecule has 4 rings (SSSR count). The lowest BCUT2D eigenvalue weighted by Crippen LogP contribution is -2.46. The van der Waals surface area contributed by atoms with Crippen LogP contribution in [0.4, 0.5) is 4.39 Å². The Labute approximate surface area is 188 Å². The molecule has 0 radical (unpaired) electrons. The highest BCUT2D eigenvalue weighted by molar-refractivity contribution is 5.73. The number of carbonyl (C=O) groups excluding carboxylic acids is 1. The van der Waals surface area contributed by atoms with E-state index in [1.807, 2.05) is 35.2 Å². The van der Waals surface area contributed by atoms with Crippen molar-refractivity contribution in [2.45, 2.75) is 39.0 Å². The van der Waals surface area contributed by atoms with Crippen LogP contribution in [0.15, 0.2) is 36.4 Å². The van der Waals surface area contributed by atoms with Gasteiger partial charge >= 0.3 is 0 Å². The molecule has 0 aliphatic carbocycles. The molecular weight excluding hydrogens is 411 g/mol. The second-order valence-corrected chi connectivity index (χ2v) is 8.60. The Morgan fingerprint density at radius 3 is 2.78 bits per heavy atom. The summed E-state index contributed by atoms with van der Waals surface area (Å²) in [5.74, 6) is 1.79. The fourth-order valence-electron chi connectivity index (χ4n) is 4.71. The van der Waals surface area contributed by atoms with E-state index < -0.39 is 0 Å². The van der Waals surface area contributed by atoms with E-state index in [2.05, 4.69) is 4.90 Å². The van der Waals surface area contributed by atoms with E-state index in [1.54, 1.807) is 20.1 Å². The van der Waals surface area contributed by atoms with E-state index in [0.29, 0.717) is 25.2 Å². The monoisotopic (exact) mass is 442 g/mol. The molecule has 6 nitrogen and oxygen atoms in total. The lowest BCUT2D eigenvalue weighted by Gasteiger charge is -2.37. The number of benzene rings is 2. The predicted octanol–water partition coefficient (Wildman–Crippen LogP) is 3.86. The number of nitrogens with zero attached hydrogens (tertiary/aromatic N) is 2. The first-order valence-electron chi connectivity index (χ1n) is 11.1. The molecule has 0 saturated carbocycles. The quantitative estimate of drug-likeness (QED) is 0.704. The van der Waals surface area contributed by atoms with Crippen molar-refractivity contribution in [2.75, 3.05) is 33.9 Å². The van der Waals surface area contributed by atoms with Crippen molar-refractivity contribution in [2.24, 2.45) is 5.92 Å². The molecule has 0 bridgehead atoms. The van der Waals surface area contributed by atoms with Gasteiger partial charge in [0.05, 0.1) is 20.8 Å². The van der Waals surface area contributed by atoms with Gasteiger partial charge in [-0.05, 0) is 43.7 Å². The fraction of sp³-hybridized carbons (Fsp3) is 0.480. The average molecular weight is 443 g/mol. The number of ether oxygens (including phenoxy) is 3. The molecule has 1 amide bonds. The standard InChI is InChI=1S/C25H31FN2O4/c1-17(29)28-15-20-12-21(30-2)9-10-22(20)32-24(16-28)18-7-5-11-27(13-18)14-19-6-4-8-23(31-3)25(19)26/h4,6,8-10,12,18,24H,5,7,11,13-16H2,1-3H3/t18-,24+/m0/s1.